The number of halogens is 4. The summed E-state index contributed by atoms with van der Waals surface area (Å²) in [5.41, 5.74) is -1.60. The normalized spacial score (nSPS) is 12.4. The number of carbonyl (C=O) groups excluding carboxylic acids is 1. The summed E-state index contributed by atoms with van der Waals surface area (Å²) >= 11 is 5.86. The van der Waals surface area contributed by atoms with Gasteiger partial charge in [-0.2, -0.15) is 13.2 Å². The molecule has 1 aromatic carbocycles. The van der Waals surface area contributed by atoms with Crippen molar-refractivity contribution >= 4 is 23.2 Å². The first-order chi connectivity index (χ1) is 8.44. The van der Waals surface area contributed by atoms with Gasteiger partial charge >= 0.3 is 6.18 Å². The first kappa shape index (κ1) is 15.8. The van der Waals surface area contributed by atoms with E-state index >= 15 is 0 Å². The fraction of sp³-hybridized carbons (Fsp3) is 0.462. The molecule has 106 valence electrons. The SMILES string of the molecule is Cc1c(C(F)(F)F)ccc(Cl)c1NC(=O)C(C)(C)C. The van der Waals surface area contributed by atoms with Crippen molar-refractivity contribution in [2.45, 2.75) is 33.9 Å². The largest absolute Gasteiger partial charge is 0.416 e. The minimum Gasteiger partial charge on any atom is -0.324 e. The van der Waals surface area contributed by atoms with Crippen LogP contribution in [0, 0.1) is 12.3 Å². The van der Waals surface area contributed by atoms with Crippen molar-refractivity contribution in [3.8, 4) is 0 Å². The lowest BCUT2D eigenvalue weighted by molar-refractivity contribution is -0.138. The molecule has 1 aromatic rings. The standard InChI is InChI=1S/C13H15ClF3NO/c1-7-8(13(15,16)17)5-6-9(14)10(7)18-11(19)12(2,3)4/h5-6H,1-4H3,(H,18,19). The molecule has 0 aliphatic rings. The number of anilines is 1. The number of amides is 1. The predicted molar refractivity (Wildman–Crippen MR) is 69.3 cm³/mol. The molecule has 19 heavy (non-hydrogen) atoms. The Morgan fingerprint density at radius 1 is 1.21 bits per heavy atom. The van der Waals surface area contributed by atoms with Gasteiger partial charge in [-0.25, -0.2) is 0 Å². The second kappa shape index (κ2) is 5.04. The number of hydrogen-bond donors (Lipinski definition) is 1. The second-order valence-corrected chi connectivity index (χ2v) is 5.70. The molecule has 0 aromatic heterocycles. The van der Waals surface area contributed by atoms with E-state index in [2.05, 4.69) is 5.32 Å². The van der Waals surface area contributed by atoms with Crippen LogP contribution in [0.25, 0.3) is 0 Å². The van der Waals surface area contributed by atoms with E-state index in [0.29, 0.717) is 0 Å². The molecule has 0 spiro atoms. The van der Waals surface area contributed by atoms with Gasteiger partial charge in [-0.05, 0) is 24.6 Å². The Hall–Kier alpha value is -1.23. The highest BCUT2D eigenvalue weighted by Crippen LogP contribution is 2.38. The molecule has 1 N–H and O–H groups in total. The van der Waals surface area contributed by atoms with Crippen LogP contribution in [-0.2, 0) is 11.0 Å². The van der Waals surface area contributed by atoms with E-state index in [1.165, 1.54) is 6.92 Å². The molecule has 0 saturated carbocycles. The highest BCUT2D eigenvalue weighted by Gasteiger charge is 2.34. The molecule has 1 rings (SSSR count). The van der Waals surface area contributed by atoms with Gasteiger partial charge in [0.2, 0.25) is 5.91 Å². The fourth-order valence-corrected chi connectivity index (χ4v) is 1.69. The zero-order chi connectivity index (χ0) is 15.0. The first-order valence-electron chi connectivity index (χ1n) is 5.62. The fourth-order valence-electron chi connectivity index (χ4n) is 1.44. The van der Waals surface area contributed by atoms with Crippen molar-refractivity contribution in [1.29, 1.82) is 0 Å². The summed E-state index contributed by atoms with van der Waals surface area (Å²) in [6, 6.07) is 2.04. The average molecular weight is 294 g/mol. The lowest BCUT2D eigenvalue weighted by Gasteiger charge is -2.21. The molecular formula is C13H15ClF3NO. The molecule has 1 amide bonds. The Morgan fingerprint density at radius 2 is 1.74 bits per heavy atom. The minimum atomic E-state index is -4.48. The second-order valence-electron chi connectivity index (χ2n) is 5.30. The Kier molecular flexibility index (Phi) is 4.20. The average Bonchev–Trinajstić information content (AvgIpc) is 2.20. The third-order valence-corrected chi connectivity index (χ3v) is 2.95. The van der Waals surface area contributed by atoms with Gasteiger partial charge in [0.1, 0.15) is 0 Å². The predicted octanol–water partition coefficient (Wildman–Crippen LogP) is 4.65. The molecule has 6 heteroatoms. The Balaban J connectivity index is 3.25. The summed E-state index contributed by atoms with van der Waals surface area (Å²) < 4.78 is 38.3. The summed E-state index contributed by atoms with van der Waals surface area (Å²) in [5.74, 6) is -0.392. The summed E-state index contributed by atoms with van der Waals surface area (Å²) in [6.45, 7) is 6.28. The molecule has 0 unspecified atom stereocenters. The molecule has 0 saturated heterocycles. The van der Waals surface area contributed by atoms with Crippen LogP contribution in [0.1, 0.15) is 31.9 Å². The van der Waals surface area contributed by atoms with Crippen molar-refractivity contribution in [1.82, 2.24) is 0 Å². The van der Waals surface area contributed by atoms with Crippen molar-refractivity contribution < 1.29 is 18.0 Å². The molecule has 0 radical (unpaired) electrons. The van der Waals surface area contributed by atoms with E-state index in [1.807, 2.05) is 0 Å². The Labute approximate surface area is 114 Å². The van der Waals surface area contributed by atoms with Crippen LogP contribution in [0.5, 0.6) is 0 Å². The van der Waals surface area contributed by atoms with Crippen LogP contribution in [0.4, 0.5) is 18.9 Å². The van der Waals surface area contributed by atoms with E-state index in [4.69, 9.17) is 11.6 Å². The molecule has 0 bridgehead atoms. The van der Waals surface area contributed by atoms with E-state index in [0.717, 1.165) is 12.1 Å². The maximum Gasteiger partial charge on any atom is 0.416 e. The summed E-state index contributed by atoms with van der Waals surface area (Å²) in [6.07, 6.45) is -4.48. The van der Waals surface area contributed by atoms with Gasteiger partial charge in [-0.15, -0.1) is 0 Å². The maximum absolute atomic E-state index is 12.8. The summed E-state index contributed by atoms with van der Waals surface area (Å²) in [5, 5.41) is 2.55. The topological polar surface area (TPSA) is 29.1 Å². The molecule has 0 fully saturated rings. The number of nitrogens with one attached hydrogen (secondary N) is 1. The zero-order valence-electron chi connectivity index (χ0n) is 11.1. The van der Waals surface area contributed by atoms with Crippen LogP contribution in [0.3, 0.4) is 0 Å². The van der Waals surface area contributed by atoms with Crippen molar-refractivity contribution in [2.75, 3.05) is 5.32 Å². The van der Waals surface area contributed by atoms with Gasteiger partial charge in [-0.3, -0.25) is 4.79 Å². The third-order valence-electron chi connectivity index (χ3n) is 2.64. The third kappa shape index (κ3) is 3.62. The number of benzene rings is 1. The van der Waals surface area contributed by atoms with E-state index in [1.54, 1.807) is 20.8 Å². The lowest BCUT2D eigenvalue weighted by atomic mass is 9.95. The van der Waals surface area contributed by atoms with Crippen LogP contribution in [0.15, 0.2) is 12.1 Å². The molecule has 0 aliphatic heterocycles. The van der Waals surface area contributed by atoms with Gasteiger partial charge in [0.15, 0.2) is 0 Å². The smallest absolute Gasteiger partial charge is 0.324 e. The van der Waals surface area contributed by atoms with Gasteiger partial charge < -0.3 is 5.32 Å². The molecule has 0 heterocycles. The minimum absolute atomic E-state index is 0.0106. The molecule has 0 aliphatic carbocycles. The number of rotatable bonds is 1. The van der Waals surface area contributed by atoms with Crippen molar-refractivity contribution in [2.24, 2.45) is 5.41 Å². The van der Waals surface area contributed by atoms with Gasteiger partial charge in [0, 0.05) is 5.41 Å². The molecular weight excluding hydrogens is 279 g/mol. The monoisotopic (exact) mass is 293 g/mol. The zero-order valence-corrected chi connectivity index (χ0v) is 11.8. The summed E-state index contributed by atoms with van der Waals surface area (Å²) in [7, 11) is 0. The van der Waals surface area contributed by atoms with E-state index < -0.39 is 23.1 Å². The molecule has 0 atom stereocenters. The van der Waals surface area contributed by atoms with E-state index in [9.17, 15) is 18.0 Å². The highest BCUT2D eigenvalue weighted by atomic mass is 35.5. The number of carbonyl (C=O) groups is 1. The van der Waals surface area contributed by atoms with Gasteiger partial charge in [0.25, 0.3) is 0 Å². The van der Waals surface area contributed by atoms with Crippen LogP contribution in [-0.4, -0.2) is 5.91 Å². The lowest BCUT2D eigenvalue weighted by Crippen LogP contribution is -2.28. The summed E-state index contributed by atoms with van der Waals surface area (Å²) in [4.78, 5) is 11.8. The maximum atomic E-state index is 12.8. The van der Waals surface area contributed by atoms with Gasteiger partial charge in [-0.1, -0.05) is 32.4 Å². The van der Waals surface area contributed by atoms with Gasteiger partial charge in [0.05, 0.1) is 16.3 Å². The Morgan fingerprint density at radius 3 is 2.16 bits per heavy atom. The quantitative estimate of drug-likeness (QED) is 0.802. The Bertz CT molecular complexity index is 504. The highest BCUT2D eigenvalue weighted by molar-refractivity contribution is 6.34. The van der Waals surface area contributed by atoms with Crippen molar-refractivity contribution in [3.63, 3.8) is 0 Å². The first-order valence-corrected chi connectivity index (χ1v) is 6.00. The van der Waals surface area contributed by atoms with Crippen molar-refractivity contribution in [3.05, 3.63) is 28.3 Å². The number of hydrogen-bond acceptors (Lipinski definition) is 1. The number of alkyl halides is 3. The van der Waals surface area contributed by atoms with Crippen LogP contribution in [0.2, 0.25) is 5.02 Å². The van der Waals surface area contributed by atoms with Crippen LogP contribution < -0.4 is 5.32 Å². The van der Waals surface area contributed by atoms with Crippen LogP contribution >= 0.6 is 11.6 Å². The molecule has 2 nitrogen and oxygen atoms in total. The van der Waals surface area contributed by atoms with E-state index in [-0.39, 0.29) is 16.3 Å².